The number of methoxy groups -OCH3 is 1. The van der Waals surface area contributed by atoms with Gasteiger partial charge in [0.25, 0.3) is 5.91 Å². The Morgan fingerprint density at radius 3 is 1.89 bits per heavy atom. The Hall–Kier alpha value is -6.00. The summed E-state index contributed by atoms with van der Waals surface area (Å²) < 4.78 is 45.7. The van der Waals surface area contributed by atoms with E-state index >= 15 is 0 Å². The summed E-state index contributed by atoms with van der Waals surface area (Å²) in [6.07, 6.45) is 1.10. The van der Waals surface area contributed by atoms with Crippen molar-refractivity contribution in [3.63, 3.8) is 0 Å². The first-order chi connectivity index (χ1) is 29.4. The second kappa shape index (κ2) is 22.7. The molecule has 5 amide bonds. The zero-order valence-corrected chi connectivity index (χ0v) is 35.2. The second-order valence-electron chi connectivity index (χ2n) is 14.6. The molecule has 4 rings (SSSR count). The zero-order valence-electron chi connectivity index (χ0n) is 34.3. The van der Waals surface area contributed by atoms with Crippen molar-refractivity contribution < 1.29 is 56.9 Å². The number of nitrogens with one attached hydrogen (secondary N) is 4. The number of benzene rings is 4. The van der Waals surface area contributed by atoms with Crippen LogP contribution in [0.4, 0.5) is 8.78 Å². The Bertz CT molecular complexity index is 2210. The summed E-state index contributed by atoms with van der Waals surface area (Å²) in [5.41, 5.74) is 3.63. The van der Waals surface area contributed by atoms with Crippen LogP contribution in [0.15, 0.2) is 97.1 Å². The number of aliphatic hydroxyl groups is 1. The Labute approximate surface area is 358 Å². The lowest BCUT2D eigenvalue weighted by atomic mass is 10.0. The van der Waals surface area contributed by atoms with Crippen LogP contribution in [0.2, 0.25) is 0 Å². The van der Waals surface area contributed by atoms with Crippen LogP contribution >= 0.6 is 7.60 Å². The Morgan fingerprint density at radius 2 is 1.32 bits per heavy atom. The molecule has 0 heterocycles. The predicted molar refractivity (Wildman–Crippen MR) is 226 cm³/mol. The molecular formula is C44H52F2N5O10P. The highest BCUT2D eigenvalue weighted by molar-refractivity contribution is 7.52. The van der Waals surface area contributed by atoms with Gasteiger partial charge in [0.15, 0.2) is 0 Å². The number of carbonyl (C=O) groups excluding carboxylic acids is 5. The lowest BCUT2D eigenvalue weighted by molar-refractivity contribution is -0.133. The predicted octanol–water partition coefficient (Wildman–Crippen LogP) is 3.54. The Kier molecular flexibility index (Phi) is 17.8. The molecule has 0 aromatic heterocycles. The van der Waals surface area contributed by atoms with E-state index in [1.807, 2.05) is 19.1 Å². The van der Waals surface area contributed by atoms with Gasteiger partial charge in [-0.1, -0.05) is 85.8 Å². The normalized spacial score (nSPS) is 13.0. The van der Waals surface area contributed by atoms with E-state index in [1.54, 1.807) is 60.7 Å². The maximum Gasteiger partial charge on any atom is 0.399 e. The van der Waals surface area contributed by atoms with Crippen molar-refractivity contribution in [1.29, 1.82) is 0 Å². The maximum atomic E-state index is 14.5. The van der Waals surface area contributed by atoms with Crippen molar-refractivity contribution in [2.45, 2.75) is 82.3 Å². The molecule has 0 radical (unpaired) electrons. The van der Waals surface area contributed by atoms with Crippen LogP contribution in [0.1, 0.15) is 69.9 Å². The van der Waals surface area contributed by atoms with Gasteiger partial charge in [0.2, 0.25) is 23.6 Å². The van der Waals surface area contributed by atoms with Crippen molar-refractivity contribution in [2.75, 3.05) is 13.7 Å². The maximum absolute atomic E-state index is 14.5. The molecule has 4 aromatic rings. The van der Waals surface area contributed by atoms with Crippen LogP contribution in [0.3, 0.4) is 0 Å². The molecule has 0 aliphatic heterocycles. The van der Waals surface area contributed by atoms with E-state index in [9.17, 15) is 52.2 Å². The average molecular weight is 880 g/mol. The largest absolute Gasteiger partial charge is 0.496 e. The third-order valence-electron chi connectivity index (χ3n) is 10.1. The third kappa shape index (κ3) is 14.0. The molecule has 3 atom stereocenters. The molecular weight excluding hydrogens is 827 g/mol. The SMILES string of the molecule is CCc1ccc(C(=O)NCCCCC(NC(=O)C(Cc2ccc(C(F)(F)P(=O)(O)O)cc2)NC(=O)C(Cc2ccccc2)NC(=O)Cc2ccc(CO)c(OC)c2)C(N)=O)cc1. The van der Waals surface area contributed by atoms with Gasteiger partial charge < -0.3 is 46.6 Å². The van der Waals surface area contributed by atoms with E-state index in [0.29, 0.717) is 40.8 Å². The fourth-order valence-corrected chi connectivity index (χ4v) is 6.96. The third-order valence-corrected chi connectivity index (χ3v) is 11.0. The smallest absolute Gasteiger partial charge is 0.399 e. The molecule has 0 saturated heterocycles. The number of halogens is 2. The van der Waals surface area contributed by atoms with Gasteiger partial charge in [0.05, 0.1) is 20.1 Å². The van der Waals surface area contributed by atoms with E-state index < -0.39 is 60.6 Å². The van der Waals surface area contributed by atoms with E-state index in [2.05, 4.69) is 21.3 Å². The molecule has 0 aliphatic rings. The van der Waals surface area contributed by atoms with E-state index in [-0.39, 0.29) is 50.3 Å². The van der Waals surface area contributed by atoms with Gasteiger partial charge in [-0.3, -0.25) is 28.5 Å². The minimum Gasteiger partial charge on any atom is -0.496 e. The number of hydrogen-bond donors (Lipinski definition) is 8. The van der Waals surface area contributed by atoms with E-state index in [4.69, 9.17) is 10.5 Å². The first-order valence-corrected chi connectivity index (χ1v) is 21.5. The minimum atomic E-state index is -5.88. The molecule has 18 heteroatoms. The summed E-state index contributed by atoms with van der Waals surface area (Å²) in [7, 11) is -4.47. The minimum absolute atomic E-state index is 0.0177. The van der Waals surface area contributed by atoms with E-state index in [1.165, 1.54) is 7.11 Å². The second-order valence-corrected chi connectivity index (χ2v) is 16.3. The number of amides is 5. The fraction of sp³-hybridized carbons (Fsp3) is 0.341. The summed E-state index contributed by atoms with van der Waals surface area (Å²) in [6.45, 7) is 1.98. The van der Waals surface area contributed by atoms with Crippen LogP contribution in [0, 0.1) is 0 Å². The van der Waals surface area contributed by atoms with Gasteiger partial charge >= 0.3 is 13.3 Å². The molecule has 0 spiro atoms. The van der Waals surface area contributed by atoms with Gasteiger partial charge in [-0.15, -0.1) is 0 Å². The van der Waals surface area contributed by atoms with Gasteiger partial charge in [0.1, 0.15) is 23.9 Å². The molecule has 9 N–H and O–H groups in total. The molecule has 0 fully saturated rings. The lowest BCUT2D eigenvalue weighted by Gasteiger charge is -2.25. The van der Waals surface area contributed by atoms with Crippen LogP contribution in [-0.4, -0.2) is 76.2 Å². The molecule has 3 unspecified atom stereocenters. The number of ether oxygens (including phenoxy) is 1. The van der Waals surface area contributed by atoms with Crippen LogP contribution in [0.5, 0.6) is 5.75 Å². The van der Waals surface area contributed by atoms with Crippen LogP contribution < -0.4 is 31.7 Å². The number of carbonyl (C=O) groups is 5. The van der Waals surface area contributed by atoms with Crippen molar-refractivity contribution >= 4 is 37.1 Å². The standard InChI is InChI=1S/C44H52F2N5O10P/c1-3-28-12-17-32(18-13-28)41(55)48-22-8-7-11-35(40(47)54)50-43(57)37(24-30-15-20-34(21-16-30)44(45,46)62(58,59)60)51-42(56)36(23-29-9-5-4-6-10-29)49-39(53)26-31-14-19-33(27-52)38(25-31)61-2/h4-6,9-10,12-21,25,35-37,52H,3,7-8,11,22-24,26-27H2,1-2H3,(H2,47,54)(H,48,55)(H,49,53)(H,50,57)(H,51,56)(H2,58,59,60). The highest BCUT2D eigenvalue weighted by atomic mass is 31.2. The molecule has 62 heavy (non-hydrogen) atoms. The summed E-state index contributed by atoms with van der Waals surface area (Å²) in [5, 5.41) is 20.3. The van der Waals surface area contributed by atoms with Gasteiger partial charge in [-0.25, -0.2) is 0 Å². The van der Waals surface area contributed by atoms with Crippen molar-refractivity contribution in [2.24, 2.45) is 5.73 Å². The van der Waals surface area contributed by atoms with Crippen molar-refractivity contribution in [3.8, 4) is 5.75 Å². The molecule has 15 nitrogen and oxygen atoms in total. The first kappa shape index (κ1) is 48.7. The molecule has 0 aliphatic carbocycles. The van der Waals surface area contributed by atoms with Gasteiger partial charge in [-0.2, -0.15) is 8.78 Å². The van der Waals surface area contributed by atoms with E-state index in [0.717, 1.165) is 36.2 Å². The topological polar surface area (TPSA) is 246 Å². The fourth-order valence-electron chi connectivity index (χ4n) is 6.47. The zero-order chi connectivity index (χ0) is 45.5. The van der Waals surface area contributed by atoms with Crippen molar-refractivity contribution in [3.05, 3.63) is 136 Å². The highest BCUT2D eigenvalue weighted by Crippen LogP contribution is 2.59. The van der Waals surface area contributed by atoms with Crippen LogP contribution in [0.25, 0.3) is 0 Å². The monoisotopic (exact) mass is 879 g/mol. The number of aliphatic hydroxyl groups excluding tert-OH is 1. The Morgan fingerprint density at radius 1 is 0.758 bits per heavy atom. The van der Waals surface area contributed by atoms with Gasteiger partial charge in [-0.05, 0) is 66.1 Å². The lowest BCUT2D eigenvalue weighted by Crippen LogP contribution is -2.57. The number of aryl methyl sites for hydroxylation is 1. The number of primary amides is 1. The summed E-state index contributed by atoms with van der Waals surface area (Å²) in [5.74, 6) is -3.05. The average Bonchev–Trinajstić information content (AvgIpc) is 3.25. The molecule has 0 bridgehead atoms. The molecule has 332 valence electrons. The highest BCUT2D eigenvalue weighted by Gasteiger charge is 2.50. The summed E-state index contributed by atoms with van der Waals surface area (Å²) in [6, 6.07) is 20.5. The summed E-state index contributed by atoms with van der Waals surface area (Å²) in [4.78, 5) is 85.0. The summed E-state index contributed by atoms with van der Waals surface area (Å²) >= 11 is 0. The number of unbranched alkanes of at least 4 members (excludes halogenated alkanes) is 1. The van der Waals surface area contributed by atoms with Gasteiger partial charge in [0, 0.05) is 36.1 Å². The first-order valence-electron chi connectivity index (χ1n) is 19.9. The number of nitrogens with two attached hydrogens (primary N) is 1. The number of rotatable bonds is 23. The molecule has 4 aromatic carbocycles. The molecule has 0 saturated carbocycles. The van der Waals surface area contributed by atoms with Crippen molar-refractivity contribution in [1.82, 2.24) is 21.3 Å². The quantitative estimate of drug-likeness (QED) is 0.0398. The number of alkyl halides is 2. The van der Waals surface area contributed by atoms with Crippen LogP contribution in [-0.2, 0) is 61.7 Å². The number of hydrogen-bond acceptors (Lipinski definition) is 8. The Balaban J connectivity index is 1.53.